The van der Waals surface area contributed by atoms with Crippen molar-refractivity contribution in [3.8, 4) is 0 Å². The summed E-state index contributed by atoms with van der Waals surface area (Å²) < 4.78 is 5.24. The standard InChI is InChI=1S/C25H41N3O4/c1-10-11-14-28(20(29)16-26-23(31)32-25(7,8)9)21(22(30)27-24(4,5)6)19-15-17(2)12-13-18(19)3/h12-13,15,21H,10-11,14,16H2,1-9H3,(H,26,31)(H,27,30). The van der Waals surface area contributed by atoms with Gasteiger partial charge in [0.1, 0.15) is 18.2 Å². The Kier molecular flexibility index (Phi) is 9.73. The fourth-order valence-corrected chi connectivity index (χ4v) is 3.23. The normalized spacial score (nSPS) is 12.7. The first-order chi connectivity index (χ1) is 14.6. The maximum Gasteiger partial charge on any atom is 0.408 e. The van der Waals surface area contributed by atoms with Crippen molar-refractivity contribution in [1.29, 1.82) is 0 Å². The number of amides is 3. The molecule has 1 unspecified atom stereocenters. The Morgan fingerprint density at radius 2 is 1.69 bits per heavy atom. The summed E-state index contributed by atoms with van der Waals surface area (Å²) in [6.45, 7) is 17.1. The number of ether oxygens (including phenoxy) is 1. The van der Waals surface area contributed by atoms with Crippen LogP contribution in [0.1, 0.15) is 84.0 Å². The van der Waals surface area contributed by atoms with Gasteiger partial charge in [-0.2, -0.15) is 0 Å². The van der Waals surface area contributed by atoms with Gasteiger partial charge in [-0.3, -0.25) is 9.59 Å². The number of benzene rings is 1. The minimum Gasteiger partial charge on any atom is -0.444 e. The van der Waals surface area contributed by atoms with Crippen LogP contribution < -0.4 is 10.6 Å². The Labute approximate surface area is 193 Å². The second-order valence-corrected chi connectivity index (χ2v) is 10.3. The van der Waals surface area contributed by atoms with Gasteiger partial charge >= 0.3 is 6.09 Å². The van der Waals surface area contributed by atoms with Crippen molar-refractivity contribution in [2.24, 2.45) is 0 Å². The van der Waals surface area contributed by atoms with E-state index in [4.69, 9.17) is 4.74 Å². The van der Waals surface area contributed by atoms with Crippen molar-refractivity contribution in [1.82, 2.24) is 15.5 Å². The van der Waals surface area contributed by atoms with Gasteiger partial charge in [-0.25, -0.2) is 4.79 Å². The molecule has 7 nitrogen and oxygen atoms in total. The van der Waals surface area contributed by atoms with Crippen molar-refractivity contribution in [3.05, 3.63) is 34.9 Å². The van der Waals surface area contributed by atoms with E-state index in [0.29, 0.717) is 6.54 Å². The Morgan fingerprint density at radius 3 is 2.22 bits per heavy atom. The first kappa shape index (κ1) is 27.5. The van der Waals surface area contributed by atoms with Crippen molar-refractivity contribution in [2.45, 2.75) is 92.3 Å². The highest BCUT2D eigenvalue weighted by Crippen LogP contribution is 2.27. The molecule has 0 aliphatic heterocycles. The van der Waals surface area contributed by atoms with E-state index in [2.05, 4.69) is 10.6 Å². The lowest BCUT2D eigenvalue weighted by Crippen LogP contribution is -2.51. The Morgan fingerprint density at radius 1 is 1.06 bits per heavy atom. The highest BCUT2D eigenvalue weighted by molar-refractivity contribution is 5.91. The molecule has 1 atom stereocenters. The van der Waals surface area contributed by atoms with E-state index in [0.717, 1.165) is 29.5 Å². The molecule has 0 bridgehead atoms. The summed E-state index contributed by atoms with van der Waals surface area (Å²) >= 11 is 0. The van der Waals surface area contributed by atoms with Gasteiger partial charge in [0.25, 0.3) is 0 Å². The molecule has 32 heavy (non-hydrogen) atoms. The molecule has 0 spiro atoms. The van der Waals surface area contributed by atoms with E-state index in [9.17, 15) is 14.4 Å². The molecule has 1 aromatic rings. The van der Waals surface area contributed by atoms with Gasteiger partial charge in [-0.05, 0) is 72.9 Å². The van der Waals surface area contributed by atoms with Gasteiger partial charge in [0.15, 0.2) is 0 Å². The van der Waals surface area contributed by atoms with Crippen LogP contribution in [-0.2, 0) is 14.3 Å². The number of hydrogen-bond donors (Lipinski definition) is 2. The van der Waals surface area contributed by atoms with Crippen molar-refractivity contribution >= 4 is 17.9 Å². The fraction of sp³-hybridized carbons (Fsp3) is 0.640. The van der Waals surface area contributed by atoms with E-state index in [-0.39, 0.29) is 18.4 Å². The van der Waals surface area contributed by atoms with Crippen LogP contribution in [0.4, 0.5) is 4.79 Å². The largest absolute Gasteiger partial charge is 0.444 e. The smallest absolute Gasteiger partial charge is 0.408 e. The van der Waals surface area contributed by atoms with Crippen LogP contribution in [0.5, 0.6) is 0 Å². The number of hydrogen-bond acceptors (Lipinski definition) is 4. The fourth-order valence-electron chi connectivity index (χ4n) is 3.23. The monoisotopic (exact) mass is 447 g/mol. The zero-order valence-electron chi connectivity index (χ0n) is 21.2. The Balaban J connectivity index is 3.30. The summed E-state index contributed by atoms with van der Waals surface area (Å²) in [6, 6.07) is 5.10. The summed E-state index contributed by atoms with van der Waals surface area (Å²) in [7, 11) is 0. The molecule has 1 rings (SSSR count). The average Bonchev–Trinajstić information content (AvgIpc) is 2.62. The van der Waals surface area contributed by atoms with E-state index in [1.165, 1.54) is 0 Å². The summed E-state index contributed by atoms with van der Waals surface area (Å²) in [5.74, 6) is -0.577. The number of carbonyl (C=O) groups is 3. The highest BCUT2D eigenvalue weighted by atomic mass is 16.6. The summed E-state index contributed by atoms with van der Waals surface area (Å²) in [5, 5.41) is 5.56. The molecular formula is C25H41N3O4. The molecule has 180 valence electrons. The molecule has 0 aliphatic carbocycles. The molecule has 3 amide bonds. The average molecular weight is 448 g/mol. The molecule has 0 saturated heterocycles. The third-order valence-electron chi connectivity index (χ3n) is 4.64. The molecule has 0 saturated carbocycles. The van der Waals surface area contributed by atoms with Crippen molar-refractivity contribution in [2.75, 3.05) is 13.1 Å². The van der Waals surface area contributed by atoms with E-state index in [1.54, 1.807) is 25.7 Å². The lowest BCUT2D eigenvalue weighted by molar-refractivity contribution is -0.141. The van der Waals surface area contributed by atoms with Crippen LogP contribution in [0.3, 0.4) is 0 Å². The highest BCUT2D eigenvalue weighted by Gasteiger charge is 2.34. The van der Waals surface area contributed by atoms with Crippen LogP contribution >= 0.6 is 0 Å². The van der Waals surface area contributed by atoms with Crippen LogP contribution in [0.25, 0.3) is 0 Å². The molecule has 0 heterocycles. The molecule has 7 heteroatoms. The zero-order chi connectivity index (χ0) is 24.7. The number of nitrogens with zero attached hydrogens (tertiary/aromatic N) is 1. The van der Waals surface area contributed by atoms with Gasteiger partial charge in [0, 0.05) is 12.1 Å². The van der Waals surface area contributed by atoms with E-state index >= 15 is 0 Å². The molecule has 1 aromatic carbocycles. The minimum absolute atomic E-state index is 0.243. The van der Waals surface area contributed by atoms with Crippen LogP contribution in [0.15, 0.2) is 18.2 Å². The number of aryl methyl sites for hydroxylation is 2. The quantitative estimate of drug-likeness (QED) is 0.618. The van der Waals surface area contributed by atoms with Crippen molar-refractivity contribution in [3.63, 3.8) is 0 Å². The summed E-state index contributed by atoms with van der Waals surface area (Å²) in [4.78, 5) is 40.4. The van der Waals surface area contributed by atoms with Gasteiger partial charge in [0.05, 0.1) is 0 Å². The third kappa shape index (κ3) is 9.28. The maximum absolute atomic E-state index is 13.4. The molecule has 0 aliphatic rings. The molecule has 0 fully saturated rings. The Bertz CT molecular complexity index is 806. The van der Waals surface area contributed by atoms with Crippen molar-refractivity contribution < 1.29 is 19.1 Å². The third-order valence-corrected chi connectivity index (χ3v) is 4.64. The first-order valence-electron chi connectivity index (χ1n) is 11.3. The SMILES string of the molecule is CCCCN(C(=O)CNC(=O)OC(C)(C)C)C(C(=O)NC(C)(C)C)c1cc(C)ccc1C. The van der Waals surface area contributed by atoms with Crippen LogP contribution in [0, 0.1) is 13.8 Å². The number of rotatable bonds is 8. The summed E-state index contributed by atoms with van der Waals surface area (Å²) in [5.41, 5.74) is 1.60. The first-order valence-corrected chi connectivity index (χ1v) is 11.3. The second-order valence-electron chi connectivity index (χ2n) is 10.3. The Hall–Kier alpha value is -2.57. The lowest BCUT2D eigenvalue weighted by Gasteiger charge is -2.34. The molecular weight excluding hydrogens is 406 g/mol. The summed E-state index contributed by atoms with van der Waals surface area (Å²) in [6.07, 6.45) is 0.940. The molecule has 0 radical (unpaired) electrons. The lowest BCUT2D eigenvalue weighted by atomic mass is 9.95. The van der Waals surface area contributed by atoms with Gasteiger partial charge < -0.3 is 20.3 Å². The number of carbonyl (C=O) groups excluding carboxylic acids is 3. The second kappa shape index (κ2) is 11.3. The number of unbranched alkanes of at least 4 members (excludes halogenated alkanes) is 1. The maximum atomic E-state index is 13.4. The van der Waals surface area contributed by atoms with Crippen LogP contribution in [-0.4, -0.2) is 47.0 Å². The topological polar surface area (TPSA) is 87.7 Å². The zero-order valence-corrected chi connectivity index (χ0v) is 21.2. The van der Waals surface area contributed by atoms with Gasteiger partial charge in [-0.1, -0.05) is 37.1 Å². The predicted molar refractivity (Wildman–Crippen MR) is 127 cm³/mol. The van der Waals surface area contributed by atoms with Gasteiger partial charge in [0.2, 0.25) is 11.8 Å². The number of alkyl carbamates (subject to hydrolysis) is 1. The van der Waals surface area contributed by atoms with E-state index in [1.807, 2.05) is 59.7 Å². The molecule has 2 N–H and O–H groups in total. The minimum atomic E-state index is -0.798. The predicted octanol–water partition coefficient (Wildman–Crippen LogP) is 4.41. The van der Waals surface area contributed by atoms with Gasteiger partial charge in [-0.15, -0.1) is 0 Å². The van der Waals surface area contributed by atoms with E-state index < -0.39 is 23.3 Å². The van der Waals surface area contributed by atoms with Crippen LogP contribution in [0.2, 0.25) is 0 Å². The number of nitrogens with one attached hydrogen (secondary N) is 2. The molecule has 0 aromatic heterocycles.